The minimum Gasteiger partial charge on any atom is -0.395 e. The van der Waals surface area contributed by atoms with Crippen molar-refractivity contribution in [3.63, 3.8) is 0 Å². The topological polar surface area (TPSA) is 91.0 Å². The fourth-order valence-electron chi connectivity index (χ4n) is 0.562. The second-order valence-electron chi connectivity index (χ2n) is 1.83. The summed E-state index contributed by atoms with van der Waals surface area (Å²) in [7, 11) is 0. The maximum absolute atomic E-state index is 5.59. The van der Waals surface area contributed by atoms with Crippen LogP contribution in [0.2, 0.25) is 5.02 Å². The number of hydrogen-bond acceptors (Lipinski definition) is 4. The van der Waals surface area contributed by atoms with Crippen molar-refractivity contribution in [1.29, 1.82) is 0 Å². The normalized spacial score (nSPS) is 9.70. The first-order valence-corrected chi connectivity index (χ1v) is 2.96. The first kappa shape index (κ1) is 6.95. The van der Waals surface area contributed by atoms with Gasteiger partial charge in [0.05, 0.1) is 10.7 Å². The Labute approximate surface area is 63.0 Å². The Balaban J connectivity index is 3.31. The van der Waals surface area contributed by atoms with Crippen LogP contribution in [0.25, 0.3) is 0 Å². The summed E-state index contributed by atoms with van der Waals surface area (Å²) in [6, 6.07) is 1.45. The number of pyridine rings is 1. The van der Waals surface area contributed by atoms with Gasteiger partial charge >= 0.3 is 0 Å². The molecular formula is C5H7ClN4. The van der Waals surface area contributed by atoms with Gasteiger partial charge in [0.25, 0.3) is 0 Å². The minimum atomic E-state index is 0.171. The van der Waals surface area contributed by atoms with Gasteiger partial charge in [-0.2, -0.15) is 0 Å². The number of rotatable bonds is 0. The first-order chi connectivity index (χ1) is 4.61. The zero-order valence-corrected chi connectivity index (χ0v) is 5.89. The van der Waals surface area contributed by atoms with Gasteiger partial charge in [-0.15, -0.1) is 0 Å². The summed E-state index contributed by atoms with van der Waals surface area (Å²) in [4.78, 5) is 3.68. The van der Waals surface area contributed by atoms with E-state index in [1.807, 2.05) is 0 Å². The van der Waals surface area contributed by atoms with Crippen LogP contribution in [-0.4, -0.2) is 4.98 Å². The van der Waals surface area contributed by atoms with Crippen LogP contribution in [0.1, 0.15) is 0 Å². The van der Waals surface area contributed by atoms with Crippen LogP contribution >= 0.6 is 11.6 Å². The molecule has 1 aromatic rings. The predicted molar refractivity (Wildman–Crippen MR) is 42.5 cm³/mol. The van der Waals surface area contributed by atoms with E-state index in [-0.39, 0.29) is 17.3 Å². The van der Waals surface area contributed by atoms with Gasteiger partial charge < -0.3 is 17.2 Å². The monoisotopic (exact) mass is 158 g/mol. The van der Waals surface area contributed by atoms with E-state index in [4.69, 9.17) is 28.8 Å². The quantitative estimate of drug-likeness (QED) is 0.512. The minimum absolute atomic E-state index is 0.171. The lowest BCUT2D eigenvalue weighted by Crippen LogP contribution is -2.01. The van der Waals surface area contributed by atoms with Gasteiger partial charge in [-0.25, -0.2) is 4.98 Å². The second-order valence-corrected chi connectivity index (χ2v) is 2.24. The summed E-state index contributed by atoms with van der Waals surface area (Å²) in [6.45, 7) is 0. The molecule has 0 aromatic carbocycles. The second kappa shape index (κ2) is 2.22. The van der Waals surface area contributed by atoms with Gasteiger partial charge in [0.15, 0.2) is 5.82 Å². The van der Waals surface area contributed by atoms with E-state index in [1.54, 1.807) is 0 Å². The standard InChI is InChI=1S/C5H7ClN4/c6-2-1-3(7)10-5(9)4(2)8/h1H,8H2,(H4,7,9,10). The fraction of sp³-hybridized carbons (Fsp3) is 0. The smallest absolute Gasteiger partial charge is 0.150 e. The van der Waals surface area contributed by atoms with Crippen molar-refractivity contribution in [3.8, 4) is 0 Å². The highest BCUT2D eigenvalue weighted by atomic mass is 35.5. The van der Waals surface area contributed by atoms with Crippen LogP contribution in [0.5, 0.6) is 0 Å². The van der Waals surface area contributed by atoms with E-state index in [0.29, 0.717) is 5.02 Å². The van der Waals surface area contributed by atoms with Crippen LogP contribution < -0.4 is 17.2 Å². The molecule has 6 N–H and O–H groups in total. The number of anilines is 3. The average molecular weight is 159 g/mol. The molecular weight excluding hydrogens is 152 g/mol. The van der Waals surface area contributed by atoms with E-state index in [9.17, 15) is 0 Å². The first-order valence-electron chi connectivity index (χ1n) is 2.58. The summed E-state index contributed by atoms with van der Waals surface area (Å²) in [5, 5.41) is 0.338. The summed E-state index contributed by atoms with van der Waals surface area (Å²) < 4.78 is 0. The molecule has 0 spiro atoms. The van der Waals surface area contributed by atoms with Gasteiger partial charge in [-0.1, -0.05) is 11.6 Å². The third-order valence-electron chi connectivity index (χ3n) is 1.06. The molecule has 0 amide bonds. The molecule has 1 aromatic heterocycles. The van der Waals surface area contributed by atoms with E-state index < -0.39 is 0 Å². The fourth-order valence-corrected chi connectivity index (χ4v) is 0.770. The Kier molecular flexibility index (Phi) is 1.55. The number of nitrogens with zero attached hydrogens (tertiary/aromatic N) is 1. The van der Waals surface area contributed by atoms with E-state index >= 15 is 0 Å². The molecule has 1 heterocycles. The van der Waals surface area contributed by atoms with E-state index in [1.165, 1.54) is 6.07 Å². The van der Waals surface area contributed by atoms with Crippen molar-refractivity contribution < 1.29 is 0 Å². The lowest BCUT2D eigenvalue weighted by molar-refractivity contribution is 1.35. The Bertz CT molecular complexity index is 237. The molecule has 0 unspecified atom stereocenters. The Morgan fingerprint density at radius 2 is 1.90 bits per heavy atom. The summed E-state index contributed by atoms with van der Waals surface area (Å²) >= 11 is 5.59. The van der Waals surface area contributed by atoms with Crippen molar-refractivity contribution in [1.82, 2.24) is 4.98 Å². The molecule has 0 aliphatic carbocycles. The molecule has 5 heteroatoms. The predicted octanol–water partition coefficient (Wildman–Crippen LogP) is 0.482. The van der Waals surface area contributed by atoms with Crippen LogP contribution in [0.4, 0.5) is 17.3 Å². The third kappa shape index (κ3) is 1.06. The molecule has 10 heavy (non-hydrogen) atoms. The largest absolute Gasteiger partial charge is 0.395 e. The van der Waals surface area contributed by atoms with Crippen LogP contribution in [-0.2, 0) is 0 Å². The maximum Gasteiger partial charge on any atom is 0.150 e. The van der Waals surface area contributed by atoms with Crippen molar-refractivity contribution in [3.05, 3.63) is 11.1 Å². The van der Waals surface area contributed by atoms with Gasteiger partial charge in [-0.3, -0.25) is 0 Å². The Morgan fingerprint density at radius 1 is 1.30 bits per heavy atom. The Morgan fingerprint density at radius 3 is 2.40 bits per heavy atom. The van der Waals surface area contributed by atoms with Crippen molar-refractivity contribution in [2.45, 2.75) is 0 Å². The average Bonchev–Trinajstić information content (AvgIpc) is 1.82. The highest BCUT2D eigenvalue weighted by Crippen LogP contribution is 2.24. The molecule has 0 aliphatic rings. The van der Waals surface area contributed by atoms with Crippen molar-refractivity contribution in [2.75, 3.05) is 17.2 Å². The molecule has 0 atom stereocenters. The van der Waals surface area contributed by atoms with Gasteiger partial charge in [0.2, 0.25) is 0 Å². The van der Waals surface area contributed by atoms with Gasteiger partial charge in [-0.05, 0) is 0 Å². The number of hydrogen-bond donors (Lipinski definition) is 3. The molecule has 0 aliphatic heterocycles. The highest BCUT2D eigenvalue weighted by Gasteiger charge is 2.01. The summed E-state index contributed by atoms with van der Waals surface area (Å²) in [5.41, 5.74) is 16.3. The molecule has 0 bridgehead atoms. The lowest BCUT2D eigenvalue weighted by Gasteiger charge is -2.01. The molecule has 1 rings (SSSR count). The number of halogens is 1. The van der Waals surface area contributed by atoms with Gasteiger partial charge in [0.1, 0.15) is 5.82 Å². The number of aromatic nitrogens is 1. The maximum atomic E-state index is 5.59. The highest BCUT2D eigenvalue weighted by molar-refractivity contribution is 6.33. The van der Waals surface area contributed by atoms with E-state index in [2.05, 4.69) is 4.98 Å². The van der Waals surface area contributed by atoms with Crippen LogP contribution in [0.15, 0.2) is 6.07 Å². The zero-order valence-electron chi connectivity index (χ0n) is 5.13. The number of nitrogen functional groups attached to an aromatic ring is 3. The van der Waals surface area contributed by atoms with Crippen LogP contribution in [0.3, 0.4) is 0 Å². The summed E-state index contributed by atoms with van der Waals surface area (Å²) in [6.07, 6.45) is 0. The molecule has 0 saturated carbocycles. The lowest BCUT2D eigenvalue weighted by atomic mass is 10.4. The summed E-state index contributed by atoms with van der Waals surface area (Å²) in [5.74, 6) is 0.446. The molecule has 0 radical (unpaired) electrons. The molecule has 0 saturated heterocycles. The third-order valence-corrected chi connectivity index (χ3v) is 1.37. The van der Waals surface area contributed by atoms with Crippen LogP contribution in [0, 0.1) is 0 Å². The zero-order chi connectivity index (χ0) is 7.72. The molecule has 4 nitrogen and oxygen atoms in total. The SMILES string of the molecule is Nc1cc(Cl)c(N)c(N)n1. The molecule has 54 valence electrons. The van der Waals surface area contributed by atoms with Crippen molar-refractivity contribution >= 4 is 28.9 Å². The van der Waals surface area contributed by atoms with Crippen molar-refractivity contribution in [2.24, 2.45) is 0 Å². The Hall–Kier alpha value is -1.16. The number of nitrogens with two attached hydrogens (primary N) is 3. The molecule has 0 fully saturated rings. The van der Waals surface area contributed by atoms with E-state index in [0.717, 1.165) is 0 Å². The van der Waals surface area contributed by atoms with Gasteiger partial charge in [0, 0.05) is 6.07 Å².